The summed E-state index contributed by atoms with van der Waals surface area (Å²) in [5.74, 6) is -10.2. The van der Waals surface area contributed by atoms with E-state index < -0.39 is 69.6 Å². The highest BCUT2D eigenvalue weighted by Crippen LogP contribution is 2.53. The van der Waals surface area contributed by atoms with Gasteiger partial charge in [-0.2, -0.15) is 47.9 Å². The zero-order valence-corrected chi connectivity index (χ0v) is 19.6. The number of halogens is 9. The SMILES string of the molecule is C=C(C)C(=O)[CH]C1C=CC(OS(=O)(=O)C(F)(F)C(F)(F)C(F)(F)S(=O)(=O)[N-]S(=O)(=O)C(F)(F)F)=CC1. The largest absolute Gasteiger partial charge is 0.480 e. The number of carbonyl (C=O) groups is 1. The molecule has 9 nitrogen and oxygen atoms in total. The van der Waals surface area contributed by atoms with Crippen LogP contribution in [0.25, 0.3) is 4.13 Å². The molecule has 1 unspecified atom stereocenters. The lowest BCUT2D eigenvalue weighted by molar-refractivity contribution is -0.245. The summed E-state index contributed by atoms with van der Waals surface area (Å²) in [7, 11) is -22.7. The number of carbonyl (C=O) groups excluding carboxylic acids is 1. The molecule has 0 aromatic carbocycles. The zero-order valence-electron chi connectivity index (χ0n) is 17.1. The Kier molecular flexibility index (Phi) is 8.54. The monoisotopic (exact) mass is 601 g/mol. The Hall–Kier alpha value is -2.13. The van der Waals surface area contributed by atoms with Gasteiger partial charge < -0.3 is 8.31 Å². The van der Waals surface area contributed by atoms with Gasteiger partial charge in [-0.1, -0.05) is 12.7 Å². The van der Waals surface area contributed by atoms with Gasteiger partial charge in [0.05, 0.1) is 0 Å². The molecule has 0 saturated heterocycles. The highest BCUT2D eigenvalue weighted by atomic mass is 32.3. The Labute approximate surface area is 197 Å². The molecule has 36 heavy (non-hydrogen) atoms. The predicted octanol–water partition coefficient (Wildman–Crippen LogP) is 3.52. The van der Waals surface area contributed by atoms with Crippen molar-refractivity contribution in [1.82, 2.24) is 0 Å². The quantitative estimate of drug-likeness (QED) is 0.199. The number of rotatable bonds is 11. The van der Waals surface area contributed by atoms with Gasteiger partial charge in [0.25, 0.3) is 0 Å². The lowest BCUT2D eigenvalue weighted by Crippen LogP contribution is -2.60. The van der Waals surface area contributed by atoms with Crippen LogP contribution in [-0.2, 0) is 39.1 Å². The van der Waals surface area contributed by atoms with Crippen molar-refractivity contribution in [2.75, 3.05) is 0 Å². The molecule has 0 aromatic rings. The Morgan fingerprint density at radius 2 is 1.47 bits per heavy atom. The van der Waals surface area contributed by atoms with E-state index in [-0.39, 0.29) is 12.0 Å². The van der Waals surface area contributed by atoms with Gasteiger partial charge in [0.1, 0.15) is 5.76 Å². The van der Waals surface area contributed by atoms with Gasteiger partial charge in [-0.05, 0) is 37.0 Å². The Morgan fingerprint density at radius 1 is 0.972 bits per heavy atom. The molecule has 1 aliphatic carbocycles. The molecule has 0 saturated carbocycles. The lowest BCUT2D eigenvalue weighted by atomic mass is 9.93. The van der Waals surface area contributed by atoms with E-state index in [1.54, 1.807) is 0 Å². The van der Waals surface area contributed by atoms with Crippen LogP contribution in [-0.4, -0.2) is 53.0 Å². The summed E-state index contributed by atoms with van der Waals surface area (Å²) in [5.41, 5.74) is -6.66. The molecule has 0 aromatic heterocycles. The molecule has 0 aliphatic heterocycles. The van der Waals surface area contributed by atoms with Gasteiger partial charge in [0, 0.05) is 6.42 Å². The molecule has 0 N–H and O–H groups in total. The summed E-state index contributed by atoms with van der Waals surface area (Å²) in [6.07, 6.45) is 2.80. The summed E-state index contributed by atoms with van der Waals surface area (Å²) in [4.78, 5) is 11.5. The number of allylic oxidation sites excluding steroid dienone is 4. The third-order valence-electron chi connectivity index (χ3n) is 3.95. The number of hydrogen-bond donors (Lipinski definition) is 0. The van der Waals surface area contributed by atoms with E-state index in [4.69, 9.17) is 0 Å². The van der Waals surface area contributed by atoms with Crippen LogP contribution in [0.15, 0.2) is 36.1 Å². The third kappa shape index (κ3) is 5.88. The number of ketones is 1. The summed E-state index contributed by atoms with van der Waals surface area (Å²) >= 11 is 0. The van der Waals surface area contributed by atoms with Gasteiger partial charge in [-0.25, -0.2) is 16.8 Å². The van der Waals surface area contributed by atoms with E-state index in [0.29, 0.717) is 16.3 Å². The van der Waals surface area contributed by atoms with Crippen LogP contribution in [0.2, 0.25) is 0 Å². The Balaban J connectivity index is 3.27. The van der Waals surface area contributed by atoms with E-state index in [0.717, 1.165) is 12.5 Å². The van der Waals surface area contributed by atoms with E-state index in [1.165, 1.54) is 6.92 Å². The first-order valence-corrected chi connectivity index (χ1v) is 12.8. The fourth-order valence-electron chi connectivity index (χ4n) is 2.03. The second-order valence-electron chi connectivity index (χ2n) is 6.79. The fraction of sp³-hybridized carbons (Fsp3) is 0.467. The highest BCUT2D eigenvalue weighted by Gasteiger charge is 2.81. The van der Waals surface area contributed by atoms with Crippen LogP contribution in [0, 0.1) is 12.3 Å². The van der Waals surface area contributed by atoms with Crippen molar-refractivity contribution in [2.45, 2.75) is 35.3 Å². The molecule has 0 bridgehead atoms. The number of Topliss-reactive ketones (excluding diaryl/α,β-unsaturated/α-hetero) is 1. The van der Waals surface area contributed by atoms with Crippen molar-refractivity contribution < 1.29 is 73.7 Å². The van der Waals surface area contributed by atoms with Crippen LogP contribution >= 0.6 is 0 Å². The molecule has 0 fully saturated rings. The molecule has 21 heteroatoms. The van der Waals surface area contributed by atoms with Crippen LogP contribution in [0.3, 0.4) is 0 Å². The summed E-state index contributed by atoms with van der Waals surface area (Å²) in [5, 5.41) is -14.7. The van der Waals surface area contributed by atoms with E-state index in [1.807, 2.05) is 0 Å². The highest BCUT2D eigenvalue weighted by molar-refractivity contribution is 8.13. The average Bonchev–Trinajstić information content (AvgIpc) is 2.66. The van der Waals surface area contributed by atoms with Crippen LogP contribution < -0.4 is 0 Å². The molecule has 0 heterocycles. The first-order chi connectivity index (χ1) is 15.7. The van der Waals surface area contributed by atoms with E-state index >= 15 is 0 Å². The molecular formula is C15H12F9NO8S3-. The van der Waals surface area contributed by atoms with Gasteiger partial charge in [0.2, 0.25) is 0 Å². The minimum Gasteiger partial charge on any atom is -0.423 e. The van der Waals surface area contributed by atoms with Crippen LogP contribution in [0.1, 0.15) is 13.3 Å². The standard InChI is InChI=1S/C15H12F9NO8S3/c1-8(2)11(26)7-9-3-5-10(6-4-9)33-36(31,32)14(20,21)12(16,17)13(18,19)34(27,28)25-35(29,30)15(22,23)24/h3,5-7,9H,1,4H2,2H3/q-1. The molecule has 1 atom stereocenters. The molecule has 1 rings (SSSR count). The summed E-state index contributed by atoms with van der Waals surface area (Å²) < 4.78 is 191. The van der Waals surface area contributed by atoms with E-state index in [2.05, 4.69) is 10.8 Å². The maximum absolute atomic E-state index is 14.0. The summed E-state index contributed by atoms with van der Waals surface area (Å²) in [6, 6.07) is 0. The van der Waals surface area contributed by atoms with Crippen molar-refractivity contribution in [2.24, 2.45) is 5.92 Å². The van der Waals surface area contributed by atoms with Crippen molar-refractivity contribution in [3.8, 4) is 0 Å². The minimum atomic E-state index is -8.00. The predicted molar refractivity (Wildman–Crippen MR) is 102 cm³/mol. The van der Waals surface area contributed by atoms with E-state index in [9.17, 15) is 69.6 Å². The maximum Gasteiger partial charge on any atom is 0.480 e. The average molecular weight is 601 g/mol. The number of alkyl halides is 9. The van der Waals surface area contributed by atoms with Gasteiger partial charge in [-0.3, -0.25) is 4.79 Å². The van der Waals surface area contributed by atoms with Crippen LogP contribution in [0.4, 0.5) is 39.5 Å². The molecule has 0 spiro atoms. The molecule has 1 radical (unpaired) electrons. The fourth-order valence-corrected chi connectivity index (χ4v) is 5.21. The van der Waals surface area contributed by atoms with Gasteiger partial charge >= 0.3 is 32.1 Å². The second kappa shape index (κ2) is 9.63. The minimum absolute atomic E-state index is 0.0736. The smallest absolute Gasteiger partial charge is 0.423 e. The number of sulfonamides is 2. The number of hydrogen-bond acceptors (Lipinski definition) is 8. The van der Waals surface area contributed by atoms with Crippen LogP contribution in [0.5, 0.6) is 0 Å². The van der Waals surface area contributed by atoms with Crippen molar-refractivity contribution in [1.29, 1.82) is 0 Å². The van der Waals surface area contributed by atoms with Crippen molar-refractivity contribution >= 4 is 35.9 Å². The zero-order chi connectivity index (χ0) is 28.8. The van der Waals surface area contributed by atoms with Gasteiger partial charge in [0.15, 0.2) is 25.8 Å². The molecule has 207 valence electrons. The van der Waals surface area contributed by atoms with Crippen molar-refractivity contribution in [3.63, 3.8) is 0 Å². The molecular weight excluding hydrogens is 589 g/mol. The second-order valence-corrected chi connectivity index (χ2v) is 11.9. The Bertz CT molecular complexity index is 1300. The first kappa shape index (κ1) is 31.9. The number of nitrogens with zero attached hydrogens (tertiary/aromatic N) is 1. The molecule has 0 amide bonds. The third-order valence-corrected chi connectivity index (χ3v) is 8.30. The molecule has 1 aliphatic rings. The maximum atomic E-state index is 14.0. The van der Waals surface area contributed by atoms with Gasteiger partial charge in [-0.15, -0.1) is 0 Å². The lowest BCUT2D eigenvalue weighted by Gasteiger charge is -2.35. The summed E-state index contributed by atoms with van der Waals surface area (Å²) in [6.45, 7) is 4.65. The topological polar surface area (TPSA) is 143 Å². The Morgan fingerprint density at radius 3 is 1.86 bits per heavy atom. The normalized spacial score (nSPS) is 18.5. The van der Waals surface area contributed by atoms with Crippen molar-refractivity contribution in [3.05, 3.63) is 46.7 Å². The first-order valence-electron chi connectivity index (χ1n) is 8.54.